The van der Waals surface area contributed by atoms with E-state index in [0.717, 1.165) is 35.0 Å². The average Bonchev–Trinajstić information content (AvgIpc) is 3.39. The van der Waals surface area contributed by atoms with E-state index in [2.05, 4.69) is 10.4 Å². The third-order valence-corrected chi connectivity index (χ3v) is 7.52. The number of hydrogen-bond donors (Lipinski definition) is 1. The van der Waals surface area contributed by atoms with Gasteiger partial charge in [-0.25, -0.2) is 9.37 Å². The number of hydrogen-bond acceptors (Lipinski definition) is 5. The minimum Gasteiger partial charge on any atom is -0.336 e. The normalized spacial score (nSPS) is 15.8. The molecule has 190 valence electrons. The highest BCUT2D eigenvalue weighted by atomic mass is 35.5. The fourth-order valence-electron chi connectivity index (χ4n) is 5.05. The zero-order valence-electron chi connectivity index (χ0n) is 21.1. The quantitative estimate of drug-likeness (QED) is 0.427. The first-order valence-electron chi connectivity index (χ1n) is 12.1. The van der Waals surface area contributed by atoms with Gasteiger partial charge in [0, 0.05) is 42.8 Å². The molecule has 0 radical (unpaired) electrons. The van der Waals surface area contributed by atoms with Gasteiger partial charge < -0.3 is 10.2 Å². The zero-order chi connectivity index (χ0) is 26.4. The van der Waals surface area contributed by atoms with Crippen LogP contribution in [0.2, 0.25) is 5.15 Å². The molecule has 1 saturated heterocycles. The number of imidazole rings is 1. The molecule has 1 atom stereocenters. The Hall–Kier alpha value is -3.74. The topological polar surface area (TPSA) is 91.8 Å². The molecule has 1 aliphatic heterocycles. The Morgan fingerprint density at radius 2 is 2.05 bits per heavy atom. The molecular formula is C27H27ClFN7O. The Labute approximate surface area is 219 Å². The van der Waals surface area contributed by atoms with Crippen molar-refractivity contribution in [3.63, 3.8) is 0 Å². The monoisotopic (exact) mass is 519 g/mol. The van der Waals surface area contributed by atoms with E-state index in [1.54, 1.807) is 17.8 Å². The molecule has 3 heterocycles. The van der Waals surface area contributed by atoms with Crippen molar-refractivity contribution in [1.82, 2.24) is 29.5 Å². The number of halogens is 2. The van der Waals surface area contributed by atoms with Crippen LogP contribution in [0, 0.1) is 31.0 Å². The predicted octanol–water partition coefficient (Wildman–Crippen LogP) is 4.53. The molecular weight excluding hydrogens is 493 g/mol. The van der Waals surface area contributed by atoms with E-state index in [1.165, 1.54) is 12.1 Å². The van der Waals surface area contributed by atoms with Gasteiger partial charge in [0.1, 0.15) is 28.6 Å². The summed E-state index contributed by atoms with van der Waals surface area (Å²) < 4.78 is 18.1. The van der Waals surface area contributed by atoms with E-state index in [-0.39, 0.29) is 17.5 Å². The van der Waals surface area contributed by atoms with Gasteiger partial charge in [-0.3, -0.25) is 14.0 Å². The number of piperidine rings is 1. The zero-order valence-corrected chi connectivity index (χ0v) is 21.9. The number of fused-ring (bicyclic) bond motifs is 1. The van der Waals surface area contributed by atoms with Crippen LogP contribution >= 0.6 is 11.6 Å². The van der Waals surface area contributed by atoms with E-state index in [0.29, 0.717) is 41.0 Å². The number of likely N-dealkylation sites (N-methyl/N-ethyl adjacent to an activating group) is 1. The first-order chi connectivity index (χ1) is 17.7. The van der Waals surface area contributed by atoms with Crippen molar-refractivity contribution in [3.8, 4) is 23.1 Å². The number of amides is 1. The van der Waals surface area contributed by atoms with Gasteiger partial charge >= 0.3 is 0 Å². The summed E-state index contributed by atoms with van der Waals surface area (Å²) in [7, 11) is 3.68. The maximum atomic E-state index is 14.7. The van der Waals surface area contributed by atoms with Crippen molar-refractivity contribution in [1.29, 1.82) is 5.26 Å². The molecule has 0 bridgehead atoms. The molecule has 37 heavy (non-hydrogen) atoms. The number of benzene rings is 2. The fraction of sp³-hybridized carbons (Fsp3) is 0.333. The summed E-state index contributed by atoms with van der Waals surface area (Å²) in [6.07, 6.45) is 1.91. The van der Waals surface area contributed by atoms with Crippen LogP contribution in [0.4, 0.5) is 4.39 Å². The van der Waals surface area contributed by atoms with Crippen LogP contribution in [0.5, 0.6) is 0 Å². The first-order valence-corrected chi connectivity index (χ1v) is 12.5. The van der Waals surface area contributed by atoms with E-state index < -0.39 is 5.82 Å². The lowest BCUT2D eigenvalue weighted by atomic mass is 10.1. The fourth-order valence-corrected chi connectivity index (χ4v) is 5.24. The van der Waals surface area contributed by atoms with Gasteiger partial charge in [-0.05, 0) is 69.6 Å². The first kappa shape index (κ1) is 24.9. The van der Waals surface area contributed by atoms with Crippen LogP contribution < -0.4 is 5.32 Å². The number of likely N-dealkylation sites (tertiary alicyclic amines) is 1. The van der Waals surface area contributed by atoms with Crippen LogP contribution in [0.15, 0.2) is 30.3 Å². The Morgan fingerprint density at radius 3 is 2.76 bits per heavy atom. The number of carbonyl (C=O) groups is 1. The van der Waals surface area contributed by atoms with Crippen molar-refractivity contribution < 1.29 is 9.18 Å². The largest absolute Gasteiger partial charge is 0.336 e. The summed E-state index contributed by atoms with van der Waals surface area (Å²) in [6.45, 7) is 5.03. The number of rotatable bonds is 4. The molecule has 5 rings (SSSR count). The molecule has 0 aliphatic carbocycles. The minimum absolute atomic E-state index is 0.0549. The number of nitrogens with zero attached hydrogens (tertiary/aromatic N) is 6. The van der Waals surface area contributed by atoms with Crippen molar-refractivity contribution in [2.24, 2.45) is 7.05 Å². The van der Waals surface area contributed by atoms with Crippen LogP contribution in [-0.4, -0.2) is 56.3 Å². The molecule has 2 aromatic carbocycles. The second kappa shape index (κ2) is 9.61. The van der Waals surface area contributed by atoms with Gasteiger partial charge in [0.05, 0.1) is 16.8 Å². The molecule has 1 amide bonds. The number of nitrogens with one attached hydrogen (secondary N) is 1. The van der Waals surface area contributed by atoms with E-state index >= 15 is 0 Å². The molecule has 0 saturated carbocycles. The molecule has 0 unspecified atom stereocenters. The molecule has 0 spiro atoms. The van der Waals surface area contributed by atoms with Crippen LogP contribution in [-0.2, 0) is 7.05 Å². The lowest BCUT2D eigenvalue weighted by molar-refractivity contribution is 0.0692. The molecule has 10 heteroatoms. The van der Waals surface area contributed by atoms with Crippen molar-refractivity contribution in [3.05, 3.63) is 63.8 Å². The highest BCUT2D eigenvalue weighted by molar-refractivity contribution is 6.34. The third kappa shape index (κ3) is 4.26. The van der Waals surface area contributed by atoms with Crippen LogP contribution in [0.25, 0.3) is 28.0 Å². The van der Waals surface area contributed by atoms with Gasteiger partial charge in [0.25, 0.3) is 5.91 Å². The lowest BCUT2D eigenvalue weighted by Gasteiger charge is -2.32. The molecule has 2 aromatic heterocycles. The number of nitriles is 1. The van der Waals surface area contributed by atoms with Crippen molar-refractivity contribution in [2.75, 3.05) is 20.1 Å². The average molecular weight is 520 g/mol. The molecule has 4 aromatic rings. The highest BCUT2D eigenvalue weighted by Crippen LogP contribution is 2.33. The molecule has 8 nitrogen and oxygen atoms in total. The van der Waals surface area contributed by atoms with Crippen molar-refractivity contribution >= 4 is 28.4 Å². The van der Waals surface area contributed by atoms with E-state index in [4.69, 9.17) is 16.6 Å². The summed E-state index contributed by atoms with van der Waals surface area (Å²) in [5, 5.41) is 18.2. The standard InChI is InChI=1S/C27H27ClFN7O/c1-15-10-20(12-21-23(15)33-34(4)25(21)28)36-16(2)24(27(37)35-9-5-6-19(14-35)31-3)32-26(36)17-7-8-18(13-30)22(29)11-17/h7-8,10-12,19,31H,5-6,9,14H2,1-4H3/t19-/m1/s1. The van der Waals surface area contributed by atoms with E-state index in [9.17, 15) is 14.4 Å². The summed E-state index contributed by atoms with van der Waals surface area (Å²) in [4.78, 5) is 20.3. The summed E-state index contributed by atoms with van der Waals surface area (Å²) in [6, 6.07) is 10.3. The Balaban J connectivity index is 1.71. The Kier molecular flexibility index (Phi) is 6.48. The molecule has 1 N–H and O–H groups in total. The van der Waals surface area contributed by atoms with Gasteiger partial charge in [0.15, 0.2) is 0 Å². The minimum atomic E-state index is -0.644. The maximum Gasteiger partial charge on any atom is 0.274 e. The van der Waals surface area contributed by atoms with Gasteiger partial charge in [-0.15, -0.1) is 0 Å². The number of aryl methyl sites for hydroxylation is 2. The third-order valence-electron chi connectivity index (χ3n) is 7.07. The second-order valence-corrected chi connectivity index (χ2v) is 9.82. The lowest BCUT2D eigenvalue weighted by Crippen LogP contribution is -2.47. The smallest absolute Gasteiger partial charge is 0.274 e. The Morgan fingerprint density at radius 1 is 1.27 bits per heavy atom. The summed E-state index contributed by atoms with van der Waals surface area (Å²) >= 11 is 6.54. The van der Waals surface area contributed by atoms with E-state index in [1.807, 2.05) is 48.6 Å². The second-order valence-electron chi connectivity index (χ2n) is 9.46. The van der Waals surface area contributed by atoms with Gasteiger partial charge in [-0.2, -0.15) is 10.4 Å². The van der Waals surface area contributed by atoms with Crippen LogP contribution in [0.3, 0.4) is 0 Å². The van der Waals surface area contributed by atoms with Gasteiger partial charge in [-0.1, -0.05) is 11.6 Å². The van der Waals surface area contributed by atoms with Crippen LogP contribution in [0.1, 0.15) is 40.2 Å². The number of carbonyl (C=O) groups excluding carboxylic acids is 1. The van der Waals surface area contributed by atoms with Crippen molar-refractivity contribution in [2.45, 2.75) is 32.7 Å². The summed E-state index contributed by atoms with van der Waals surface area (Å²) in [5.74, 6) is -0.399. The van der Waals surface area contributed by atoms with Gasteiger partial charge in [0.2, 0.25) is 0 Å². The predicted molar refractivity (Wildman–Crippen MR) is 140 cm³/mol. The Bertz CT molecular complexity index is 1580. The maximum absolute atomic E-state index is 14.7. The number of aromatic nitrogens is 4. The molecule has 1 fully saturated rings. The highest BCUT2D eigenvalue weighted by Gasteiger charge is 2.29. The molecule has 1 aliphatic rings. The SMILES string of the molecule is CN[C@@H]1CCCN(C(=O)c2nc(-c3ccc(C#N)c(F)c3)n(-c3cc(C)c4nn(C)c(Cl)c4c3)c2C)C1. The summed E-state index contributed by atoms with van der Waals surface area (Å²) in [5.41, 5.74) is 3.77.